The van der Waals surface area contributed by atoms with Crippen LogP contribution in [0, 0.1) is 11.0 Å². The molecule has 2 saturated heterocycles. The molecule has 2 aliphatic rings. The Hall–Kier alpha value is -2.55. The summed E-state index contributed by atoms with van der Waals surface area (Å²) < 4.78 is 66.1. The Morgan fingerprint density at radius 2 is 1.85 bits per heavy atom. The Morgan fingerprint density at radius 3 is 2.54 bits per heavy atom. The molecule has 5 rings (SSSR count). The summed E-state index contributed by atoms with van der Waals surface area (Å²) in [6.45, 7) is 4.23. The van der Waals surface area contributed by atoms with E-state index in [0.29, 0.717) is 34.0 Å². The monoisotopic (exact) mass is 595 g/mol. The number of thioether (sulfide) groups is 1. The number of ether oxygens (including phenoxy) is 2. The van der Waals surface area contributed by atoms with Crippen LogP contribution in [0.5, 0.6) is 0 Å². The molecule has 0 bridgehead atoms. The van der Waals surface area contributed by atoms with Crippen LogP contribution in [0.2, 0.25) is 0 Å². The van der Waals surface area contributed by atoms with Crippen molar-refractivity contribution in [2.75, 3.05) is 32.5 Å². The minimum absolute atomic E-state index is 0.0283. The van der Waals surface area contributed by atoms with E-state index in [1.807, 2.05) is 0 Å². The van der Waals surface area contributed by atoms with Crippen molar-refractivity contribution in [3.8, 4) is 0 Å². The zero-order valence-corrected chi connectivity index (χ0v) is 23.7. The molecule has 0 saturated carbocycles. The second kappa shape index (κ2) is 12.4. The molecule has 0 aliphatic carbocycles. The molecule has 3 heterocycles. The summed E-state index contributed by atoms with van der Waals surface area (Å²) in [5.41, 5.74) is 1.26. The molecule has 1 N–H and O–H groups in total. The van der Waals surface area contributed by atoms with E-state index in [0.717, 1.165) is 38.1 Å². The molecule has 3 aromatic rings. The molecule has 222 valence electrons. The topological polar surface area (TPSA) is 86.3 Å². The maximum Gasteiger partial charge on any atom is 0.416 e. The summed E-state index contributed by atoms with van der Waals surface area (Å²) in [4.78, 5) is 2.70. The minimum atomic E-state index is -4.52. The molecule has 0 spiro atoms. The average molecular weight is 596 g/mol. The lowest BCUT2D eigenvalue weighted by molar-refractivity contribution is -0.941. The lowest BCUT2D eigenvalue weighted by Gasteiger charge is -2.53. The van der Waals surface area contributed by atoms with E-state index in [1.54, 1.807) is 19.2 Å². The van der Waals surface area contributed by atoms with Gasteiger partial charge in [0.15, 0.2) is 6.04 Å². The first kappa shape index (κ1) is 29.9. The first-order chi connectivity index (χ1) is 19.6. The normalized spacial score (nSPS) is 24.6. The van der Waals surface area contributed by atoms with Gasteiger partial charge in [-0.05, 0) is 87.1 Å². The highest BCUT2D eigenvalue weighted by Gasteiger charge is 2.44. The van der Waals surface area contributed by atoms with E-state index in [1.165, 1.54) is 36.0 Å². The number of rotatable bonds is 9. The fourth-order valence-electron chi connectivity index (χ4n) is 5.51. The van der Waals surface area contributed by atoms with Gasteiger partial charge in [-0.25, -0.2) is 4.39 Å². The Kier molecular flexibility index (Phi) is 9.02. The fourth-order valence-corrected chi connectivity index (χ4v) is 6.01. The SMILES string of the molecule is CSc1cc(C(C)OC2OCC[N+]([O-])(Cc3n[nH]nc3CN3CCCC3)C2c2ccc(F)cc2)cc(C(F)(F)F)c1. The quantitative estimate of drug-likeness (QED) is 0.141. The molecule has 0 amide bonds. The molecule has 4 atom stereocenters. The zero-order valence-electron chi connectivity index (χ0n) is 22.9. The Bertz CT molecular complexity index is 1320. The predicted molar refractivity (Wildman–Crippen MR) is 145 cm³/mol. The fraction of sp³-hybridized carbons (Fsp3) is 0.500. The van der Waals surface area contributed by atoms with E-state index in [-0.39, 0.29) is 19.7 Å². The van der Waals surface area contributed by atoms with Crippen molar-refractivity contribution in [2.24, 2.45) is 0 Å². The summed E-state index contributed by atoms with van der Waals surface area (Å²) in [6.07, 6.45) is -2.54. The molecule has 4 unspecified atom stereocenters. The highest BCUT2D eigenvalue weighted by Crippen LogP contribution is 2.41. The number of nitrogens with one attached hydrogen (secondary N) is 1. The molecular formula is C28H33F4N5O3S. The number of hydroxylamine groups is 3. The largest absolute Gasteiger partial charge is 0.632 e. The summed E-state index contributed by atoms with van der Waals surface area (Å²) in [7, 11) is 0. The molecule has 2 fully saturated rings. The van der Waals surface area contributed by atoms with Crippen molar-refractivity contribution in [1.29, 1.82) is 0 Å². The van der Waals surface area contributed by atoms with E-state index in [2.05, 4.69) is 20.3 Å². The number of quaternary nitrogens is 1. The van der Waals surface area contributed by atoms with Crippen LogP contribution in [0.15, 0.2) is 47.4 Å². The van der Waals surface area contributed by atoms with E-state index < -0.39 is 40.6 Å². The van der Waals surface area contributed by atoms with Gasteiger partial charge in [0, 0.05) is 17.0 Å². The van der Waals surface area contributed by atoms with Gasteiger partial charge in [-0.3, -0.25) is 4.90 Å². The summed E-state index contributed by atoms with van der Waals surface area (Å²) in [5, 5.41) is 25.9. The van der Waals surface area contributed by atoms with E-state index in [4.69, 9.17) is 9.47 Å². The molecule has 0 radical (unpaired) electrons. The van der Waals surface area contributed by atoms with Gasteiger partial charge in [0.25, 0.3) is 0 Å². The highest BCUT2D eigenvalue weighted by molar-refractivity contribution is 7.98. The second-order valence-electron chi connectivity index (χ2n) is 10.5. The Morgan fingerprint density at radius 1 is 1.15 bits per heavy atom. The van der Waals surface area contributed by atoms with Crippen LogP contribution in [0.1, 0.15) is 60.0 Å². The molecule has 8 nitrogen and oxygen atoms in total. The number of benzene rings is 2. The average Bonchev–Trinajstić information content (AvgIpc) is 3.61. The molecule has 2 aromatic carbocycles. The van der Waals surface area contributed by atoms with Crippen molar-refractivity contribution in [2.45, 2.75) is 62.4 Å². The molecule has 13 heteroatoms. The first-order valence-corrected chi connectivity index (χ1v) is 14.8. The van der Waals surface area contributed by atoms with Crippen LogP contribution >= 0.6 is 11.8 Å². The summed E-state index contributed by atoms with van der Waals surface area (Å²) >= 11 is 1.20. The maximum atomic E-state index is 14.6. The maximum absolute atomic E-state index is 14.6. The first-order valence-electron chi connectivity index (χ1n) is 13.5. The minimum Gasteiger partial charge on any atom is -0.632 e. The van der Waals surface area contributed by atoms with Gasteiger partial charge in [-0.1, -0.05) is 0 Å². The molecule has 1 aromatic heterocycles. The van der Waals surface area contributed by atoms with Gasteiger partial charge < -0.3 is 19.3 Å². The van der Waals surface area contributed by atoms with Gasteiger partial charge in [0.2, 0.25) is 6.29 Å². The van der Waals surface area contributed by atoms with Crippen molar-refractivity contribution < 1.29 is 31.7 Å². The lowest BCUT2D eigenvalue weighted by atomic mass is 10.0. The third-order valence-corrected chi connectivity index (χ3v) is 8.43. The van der Waals surface area contributed by atoms with Gasteiger partial charge in [0.1, 0.15) is 30.3 Å². The third-order valence-electron chi connectivity index (χ3n) is 7.72. The smallest absolute Gasteiger partial charge is 0.416 e. The number of nitrogens with zero attached hydrogens (tertiary/aromatic N) is 4. The molecule has 2 aliphatic heterocycles. The van der Waals surface area contributed by atoms with Crippen molar-refractivity contribution in [3.05, 3.63) is 81.6 Å². The van der Waals surface area contributed by atoms with Gasteiger partial charge >= 0.3 is 6.18 Å². The number of H-pyrrole nitrogens is 1. The number of hydrogen-bond acceptors (Lipinski definition) is 7. The molecular weight excluding hydrogens is 562 g/mol. The number of aromatic nitrogens is 3. The Balaban J connectivity index is 1.45. The van der Waals surface area contributed by atoms with Crippen LogP contribution in [-0.2, 0) is 28.7 Å². The number of hydrogen-bond donors (Lipinski definition) is 1. The van der Waals surface area contributed by atoms with Gasteiger partial charge in [-0.15, -0.1) is 11.8 Å². The van der Waals surface area contributed by atoms with Crippen molar-refractivity contribution in [1.82, 2.24) is 20.3 Å². The van der Waals surface area contributed by atoms with Crippen LogP contribution in [-0.4, -0.2) is 63.7 Å². The summed E-state index contributed by atoms with van der Waals surface area (Å²) in [6, 6.07) is 8.40. The van der Waals surface area contributed by atoms with Gasteiger partial charge in [0.05, 0.1) is 18.3 Å². The predicted octanol–water partition coefficient (Wildman–Crippen LogP) is 5.97. The van der Waals surface area contributed by atoms with Crippen LogP contribution in [0.3, 0.4) is 0 Å². The number of alkyl halides is 3. The van der Waals surface area contributed by atoms with Crippen LogP contribution in [0.4, 0.5) is 17.6 Å². The number of aromatic amines is 1. The van der Waals surface area contributed by atoms with Crippen LogP contribution in [0.25, 0.3) is 0 Å². The second-order valence-corrected chi connectivity index (χ2v) is 11.4. The highest BCUT2D eigenvalue weighted by atomic mass is 32.2. The van der Waals surface area contributed by atoms with E-state index >= 15 is 0 Å². The summed E-state index contributed by atoms with van der Waals surface area (Å²) in [5.74, 6) is -0.460. The molecule has 41 heavy (non-hydrogen) atoms. The number of halogens is 4. The third kappa shape index (κ3) is 6.92. The van der Waals surface area contributed by atoms with Gasteiger partial charge in [-0.2, -0.15) is 28.6 Å². The zero-order chi connectivity index (χ0) is 29.2. The van der Waals surface area contributed by atoms with Crippen LogP contribution < -0.4 is 0 Å². The standard InChI is InChI=1S/C28H33F4N5O3S/c1-18(20-13-21(28(30,31)32)15-23(14-20)41-2)40-27-26(19-5-7-22(29)8-6-19)37(38,11-12-39-27)17-25-24(33-35-34-25)16-36-9-3-4-10-36/h5-8,13-15,18,26-27H,3-4,9-12,16-17H2,1-2H3,(H,33,34,35). The number of morpholine rings is 1. The number of likely N-dealkylation sites (tertiary alicyclic amines) is 1. The van der Waals surface area contributed by atoms with E-state index in [9.17, 15) is 22.8 Å². The lowest BCUT2D eigenvalue weighted by Crippen LogP contribution is -2.56. The van der Waals surface area contributed by atoms with Crippen molar-refractivity contribution >= 4 is 11.8 Å². The van der Waals surface area contributed by atoms with Crippen molar-refractivity contribution in [3.63, 3.8) is 0 Å². The Labute approximate surface area is 240 Å².